The number of carbonyl (C=O) groups excluding carboxylic acids is 5. The van der Waals surface area contributed by atoms with Crippen molar-refractivity contribution < 1.29 is 33.8 Å². The molecule has 10 nitrogen and oxygen atoms in total. The number of imide groups is 2. The van der Waals surface area contributed by atoms with Crippen LogP contribution < -0.4 is 15.1 Å². The highest BCUT2D eigenvalue weighted by atomic mass is 35.5. The van der Waals surface area contributed by atoms with Gasteiger partial charge in [0.25, 0.3) is 11.8 Å². The summed E-state index contributed by atoms with van der Waals surface area (Å²) in [6, 6.07) is 33.5. The zero-order chi connectivity index (χ0) is 40.5. The number of ketones is 1. The molecule has 5 aromatic carbocycles. The quantitative estimate of drug-likeness (QED) is 0.0913. The number of phenols is 1. The molecule has 5 aromatic rings. The van der Waals surface area contributed by atoms with Crippen LogP contribution in [0.3, 0.4) is 0 Å². The topological polar surface area (TPSA) is 133 Å². The van der Waals surface area contributed by atoms with Gasteiger partial charge in [-0.3, -0.25) is 34.3 Å². The van der Waals surface area contributed by atoms with Gasteiger partial charge in [0, 0.05) is 22.1 Å². The number of aromatic hydroxyl groups is 1. The van der Waals surface area contributed by atoms with Gasteiger partial charge in [0.1, 0.15) is 11.5 Å². The van der Waals surface area contributed by atoms with E-state index in [2.05, 4.69) is 5.43 Å². The summed E-state index contributed by atoms with van der Waals surface area (Å²) >= 11 is 12.7. The van der Waals surface area contributed by atoms with Crippen molar-refractivity contribution in [1.29, 1.82) is 0 Å². The number of phenolic OH excluding ortho intramolecular Hbond substituents is 1. The van der Waals surface area contributed by atoms with Crippen LogP contribution >= 0.6 is 23.2 Å². The lowest BCUT2D eigenvalue weighted by atomic mass is 9.49. The number of benzene rings is 5. The van der Waals surface area contributed by atoms with E-state index >= 15 is 4.79 Å². The van der Waals surface area contributed by atoms with Gasteiger partial charge in [-0.1, -0.05) is 89.4 Å². The van der Waals surface area contributed by atoms with E-state index in [1.807, 2.05) is 12.1 Å². The van der Waals surface area contributed by atoms with Crippen molar-refractivity contribution in [3.8, 4) is 11.5 Å². The number of methoxy groups -OCH3 is 1. The Hall–Kier alpha value is -6.23. The summed E-state index contributed by atoms with van der Waals surface area (Å²) in [5, 5.41) is 12.0. The van der Waals surface area contributed by atoms with E-state index in [1.165, 1.54) is 30.2 Å². The molecule has 2 aliphatic carbocycles. The van der Waals surface area contributed by atoms with E-state index in [0.29, 0.717) is 38.7 Å². The Labute approximate surface area is 343 Å². The number of hydrogen-bond acceptors (Lipinski definition) is 8. The number of nitrogens with one attached hydrogen (secondary N) is 1. The molecule has 0 spiro atoms. The van der Waals surface area contributed by atoms with Crippen molar-refractivity contribution >= 4 is 64.0 Å². The average Bonchev–Trinajstić information content (AvgIpc) is 3.62. The predicted molar refractivity (Wildman–Crippen MR) is 218 cm³/mol. The molecular weight excluding hydrogens is 777 g/mol. The normalized spacial score (nSPS) is 24.9. The van der Waals surface area contributed by atoms with E-state index in [-0.39, 0.29) is 41.0 Å². The molecule has 2 aliphatic heterocycles. The Morgan fingerprint density at radius 1 is 0.793 bits per heavy atom. The van der Waals surface area contributed by atoms with Crippen molar-refractivity contribution in [2.75, 3.05) is 17.4 Å². The highest BCUT2D eigenvalue weighted by Crippen LogP contribution is 2.64. The summed E-state index contributed by atoms with van der Waals surface area (Å²) in [4.78, 5) is 73.7. The summed E-state index contributed by atoms with van der Waals surface area (Å²) in [5.41, 5.74) is 4.99. The second-order valence-electron chi connectivity index (χ2n) is 15.1. The minimum atomic E-state index is -1.53. The zero-order valence-corrected chi connectivity index (χ0v) is 32.5. The van der Waals surface area contributed by atoms with Gasteiger partial charge in [0.2, 0.25) is 11.8 Å². The van der Waals surface area contributed by atoms with Crippen LogP contribution in [0.2, 0.25) is 10.0 Å². The van der Waals surface area contributed by atoms with E-state index < -0.39 is 52.7 Å². The Morgan fingerprint density at radius 2 is 1.48 bits per heavy atom. The first-order valence-electron chi connectivity index (χ1n) is 18.8. The van der Waals surface area contributed by atoms with Crippen LogP contribution in [0.5, 0.6) is 11.5 Å². The maximum atomic E-state index is 15.4. The second kappa shape index (κ2) is 14.3. The average molecular weight is 813 g/mol. The third kappa shape index (κ3) is 5.73. The van der Waals surface area contributed by atoms with E-state index in [4.69, 9.17) is 27.9 Å². The number of anilines is 2. The molecule has 9 rings (SSSR count). The highest BCUT2D eigenvalue weighted by Gasteiger charge is 2.70. The maximum Gasteiger partial charge on any atom is 0.260 e. The Kier molecular flexibility index (Phi) is 9.21. The van der Waals surface area contributed by atoms with Gasteiger partial charge in [-0.2, -0.15) is 5.01 Å². The largest absolute Gasteiger partial charge is 0.508 e. The zero-order valence-electron chi connectivity index (χ0n) is 31.0. The molecule has 2 N–H and O–H groups in total. The van der Waals surface area contributed by atoms with Crippen LogP contribution in [0.15, 0.2) is 133 Å². The van der Waals surface area contributed by atoms with Gasteiger partial charge in [0.05, 0.1) is 46.7 Å². The number of nitrogens with zero attached hydrogens (tertiary/aromatic N) is 2. The number of rotatable bonds is 8. The molecule has 58 heavy (non-hydrogen) atoms. The molecule has 4 amide bonds. The van der Waals surface area contributed by atoms with Crippen LogP contribution in [0.1, 0.15) is 45.8 Å². The Bertz CT molecular complexity index is 2540. The smallest absolute Gasteiger partial charge is 0.260 e. The highest BCUT2D eigenvalue weighted by molar-refractivity contribution is 6.36. The van der Waals surface area contributed by atoms with E-state index in [1.54, 1.807) is 97.1 Å². The SMILES string of the molecule is COc1ccc(C23C(=O)N(Nc4ccc(Cl)cc4Cl)C(=O)C2CC2C(=CCC4C(=O)N(c5ccc(C(=O)c6ccccc6)cc5)C(=O)C42)C3c2ccc(O)cc2)cc1. The summed E-state index contributed by atoms with van der Waals surface area (Å²) in [5.74, 6) is -5.40. The Morgan fingerprint density at radius 3 is 2.16 bits per heavy atom. The fourth-order valence-corrected chi connectivity index (χ4v) is 10.1. The molecule has 2 saturated heterocycles. The van der Waals surface area contributed by atoms with Gasteiger partial charge >= 0.3 is 0 Å². The summed E-state index contributed by atoms with van der Waals surface area (Å²) in [7, 11) is 1.54. The number of ether oxygens (including phenoxy) is 1. The lowest BCUT2D eigenvalue weighted by Gasteiger charge is -2.50. The van der Waals surface area contributed by atoms with Crippen molar-refractivity contribution in [2.45, 2.75) is 24.2 Å². The van der Waals surface area contributed by atoms with Crippen LogP contribution in [0.4, 0.5) is 11.4 Å². The Balaban J connectivity index is 1.15. The van der Waals surface area contributed by atoms with E-state index in [0.717, 1.165) is 10.6 Å². The fraction of sp³-hybridized carbons (Fsp3) is 0.196. The number of amides is 4. The summed E-state index contributed by atoms with van der Waals surface area (Å²) in [6.45, 7) is 0. The van der Waals surface area contributed by atoms with Crippen LogP contribution in [0, 0.1) is 23.7 Å². The second-order valence-corrected chi connectivity index (χ2v) is 15.9. The number of fused-ring (bicyclic) bond motifs is 4. The fourth-order valence-electron chi connectivity index (χ4n) is 9.66. The number of carbonyl (C=O) groups is 5. The molecule has 0 radical (unpaired) electrons. The standard InChI is InChI=1S/C46H35Cl2N3O7/c1-58-32-18-11-28(12-19-32)46-36(43(55)51(45(46)57)49-38-22-13-29(47)23-37(38)48)24-35-33(40(46)25-9-16-31(52)17-10-25)20-21-34-39(35)44(56)50(42(34)54)30-14-7-27(8-15-30)41(53)26-5-3-2-4-6-26/h2-20,22-23,34-36,39-40,49,52H,21,24H2,1H3. The van der Waals surface area contributed by atoms with Crippen LogP contribution in [-0.4, -0.2) is 46.6 Å². The molecule has 1 saturated carbocycles. The molecular formula is C46H35Cl2N3O7. The minimum Gasteiger partial charge on any atom is -0.508 e. The molecule has 0 bridgehead atoms. The first kappa shape index (κ1) is 37.4. The van der Waals surface area contributed by atoms with Gasteiger partial charge in [0.15, 0.2) is 5.78 Å². The van der Waals surface area contributed by atoms with Gasteiger partial charge in [-0.05, 0) is 96.6 Å². The first-order valence-corrected chi connectivity index (χ1v) is 19.6. The van der Waals surface area contributed by atoms with Crippen molar-refractivity contribution in [2.24, 2.45) is 23.7 Å². The summed E-state index contributed by atoms with van der Waals surface area (Å²) < 4.78 is 5.47. The third-order valence-electron chi connectivity index (χ3n) is 12.2. The number of hydrazine groups is 1. The number of allylic oxidation sites excluding steroid dienone is 2. The molecule has 2 heterocycles. The van der Waals surface area contributed by atoms with Crippen molar-refractivity contribution in [3.63, 3.8) is 0 Å². The molecule has 4 aliphatic rings. The number of hydrogen-bond donors (Lipinski definition) is 2. The lowest BCUT2D eigenvalue weighted by molar-refractivity contribution is -0.138. The maximum absolute atomic E-state index is 15.4. The molecule has 6 unspecified atom stereocenters. The lowest BCUT2D eigenvalue weighted by Crippen LogP contribution is -2.53. The van der Waals surface area contributed by atoms with E-state index in [9.17, 15) is 24.3 Å². The van der Waals surface area contributed by atoms with Crippen molar-refractivity contribution in [1.82, 2.24) is 5.01 Å². The van der Waals surface area contributed by atoms with Crippen LogP contribution in [0.25, 0.3) is 0 Å². The molecule has 0 aromatic heterocycles. The van der Waals surface area contributed by atoms with Gasteiger partial charge < -0.3 is 9.84 Å². The third-order valence-corrected chi connectivity index (χ3v) is 12.8. The van der Waals surface area contributed by atoms with Gasteiger partial charge in [-0.25, -0.2) is 0 Å². The van der Waals surface area contributed by atoms with Crippen LogP contribution in [-0.2, 0) is 24.6 Å². The van der Waals surface area contributed by atoms with Gasteiger partial charge in [-0.15, -0.1) is 0 Å². The molecule has 290 valence electrons. The predicted octanol–water partition coefficient (Wildman–Crippen LogP) is 8.13. The first-order chi connectivity index (χ1) is 28.0. The molecule has 12 heteroatoms. The van der Waals surface area contributed by atoms with Crippen molar-refractivity contribution in [3.05, 3.63) is 165 Å². The number of halogens is 2. The minimum absolute atomic E-state index is 0.0158. The summed E-state index contributed by atoms with van der Waals surface area (Å²) in [6.07, 6.45) is 2.28. The molecule has 6 atom stereocenters. The molecule has 3 fully saturated rings. The monoisotopic (exact) mass is 811 g/mol.